The second-order valence-corrected chi connectivity index (χ2v) is 23.2. The van der Waals surface area contributed by atoms with Gasteiger partial charge in [-0.1, -0.05) is 139 Å². The summed E-state index contributed by atoms with van der Waals surface area (Å²) in [6.07, 6.45) is 30.6. The fraction of sp³-hybridized carbons (Fsp3) is 0.679. The van der Waals surface area contributed by atoms with Gasteiger partial charge in [0.25, 0.3) is 0 Å². The van der Waals surface area contributed by atoms with E-state index in [2.05, 4.69) is 47.4 Å². The number of nitrogens with two attached hydrogens (primary N) is 2. The summed E-state index contributed by atoms with van der Waals surface area (Å²) in [7, 11) is -11.1. The van der Waals surface area contributed by atoms with Crippen molar-refractivity contribution in [3.8, 4) is 0 Å². The number of carbonyl (C=O) groups excluding carboxylic acids is 2. The van der Waals surface area contributed by atoms with E-state index in [0.29, 0.717) is 12.8 Å². The van der Waals surface area contributed by atoms with Gasteiger partial charge in [0.2, 0.25) is 0 Å². The summed E-state index contributed by atoms with van der Waals surface area (Å²) in [5.41, 5.74) is 10.8. The highest BCUT2D eigenvalue weighted by atomic mass is 32.2. The maximum absolute atomic E-state index is 13.2. The first-order chi connectivity index (χ1) is 37.3. The van der Waals surface area contributed by atoms with Crippen LogP contribution in [0.3, 0.4) is 0 Å². The summed E-state index contributed by atoms with van der Waals surface area (Å²) >= 11 is 1.12. The smallest absolute Gasteiger partial charge is 0.481 e. The van der Waals surface area contributed by atoms with Gasteiger partial charge in [-0.3, -0.25) is 28.0 Å². The van der Waals surface area contributed by atoms with E-state index in [0.717, 1.165) is 73.9 Å². The number of aliphatic carboxylic acids is 1. The molecule has 1 saturated heterocycles. The van der Waals surface area contributed by atoms with Crippen LogP contribution in [0.4, 0.5) is 5.82 Å². The number of hydrogen-bond donors (Lipinski definition) is 8. The lowest BCUT2D eigenvalue weighted by Gasteiger charge is -2.23. The molecule has 0 spiro atoms. The van der Waals surface area contributed by atoms with Crippen molar-refractivity contribution in [2.45, 2.75) is 203 Å². The van der Waals surface area contributed by atoms with Crippen LogP contribution in [0.2, 0.25) is 0 Å². The molecular weight excluding hydrogens is 1070 g/mol. The number of carbonyl (C=O) groups is 3. The van der Waals surface area contributed by atoms with Crippen LogP contribution in [0.1, 0.15) is 161 Å². The van der Waals surface area contributed by atoms with Crippen molar-refractivity contribution in [2.75, 3.05) is 31.3 Å². The number of thioether (sulfide) groups is 1. The minimum Gasteiger partial charge on any atom is -0.481 e. The van der Waals surface area contributed by atoms with Gasteiger partial charge in [0.1, 0.15) is 36.8 Å². The molecule has 0 aromatic carbocycles. The number of hydrogen-bond acceptors (Lipinski definition) is 19. The van der Waals surface area contributed by atoms with Crippen LogP contribution in [-0.2, 0) is 51.1 Å². The molecule has 1 aromatic heterocycles. The second-order valence-electron chi connectivity index (χ2n) is 18.9. The summed E-state index contributed by atoms with van der Waals surface area (Å²) in [5.74, 6) is -2.97. The number of unbranched alkanes of at least 4 members (excludes halogenated alkanes) is 14. The molecule has 0 saturated carbocycles. The van der Waals surface area contributed by atoms with Crippen LogP contribution in [-0.4, -0.2) is 125 Å². The summed E-state index contributed by atoms with van der Waals surface area (Å²) in [5, 5.41) is 40.5. The SMILES string of the molecule is CCCCC/C=C\C\C=C/C=C/C=C/[C@@H](SC[C@H](N)C(=O)OC[C@H](COP(=O)(O)OP(=O)(O)OC[C@H]1O[C@@H](n2ccc(N)nc2=O)[C@H](O)[C@@H]1O)OC(=O)CCCCCCC/C=C\CCCCCCCC)[C@@H](O)CCCC(=O)O. The summed E-state index contributed by atoms with van der Waals surface area (Å²) < 4.78 is 57.0. The molecule has 78 heavy (non-hydrogen) atoms. The monoisotopic (exact) mass is 1160 g/mol. The normalized spacial score (nSPS) is 20.2. The molecule has 2 rings (SSSR count). The van der Waals surface area contributed by atoms with E-state index in [-0.39, 0.29) is 37.3 Å². The number of nitrogen functional groups attached to an aromatic ring is 1. The molecule has 0 aliphatic carbocycles. The van der Waals surface area contributed by atoms with E-state index < -0.39 is 107 Å². The van der Waals surface area contributed by atoms with Crippen molar-refractivity contribution in [3.05, 3.63) is 83.5 Å². The van der Waals surface area contributed by atoms with Gasteiger partial charge in [-0.15, -0.1) is 11.8 Å². The molecule has 1 aliphatic heterocycles. The van der Waals surface area contributed by atoms with E-state index in [1.54, 1.807) is 18.2 Å². The lowest BCUT2D eigenvalue weighted by molar-refractivity contribution is -0.161. The zero-order valence-electron chi connectivity index (χ0n) is 45.4. The third-order valence-corrected chi connectivity index (χ3v) is 16.1. The van der Waals surface area contributed by atoms with Crippen molar-refractivity contribution < 1.29 is 81.3 Å². The van der Waals surface area contributed by atoms with Crippen molar-refractivity contribution in [1.29, 1.82) is 0 Å². The Morgan fingerprint density at radius 3 is 2.06 bits per heavy atom. The predicted molar refractivity (Wildman–Crippen MR) is 299 cm³/mol. The summed E-state index contributed by atoms with van der Waals surface area (Å²) in [4.78, 5) is 74.0. The lowest BCUT2D eigenvalue weighted by Crippen LogP contribution is -2.38. The van der Waals surface area contributed by atoms with Gasteiger partial charge in [0, 0.05) is 30.0 Å². The number of esters is 2. The lowest BCUT2D eigenvalue weighted by atomic mass is 10.1. The van der Waals surface area contributed by atoms with Crippen molar-refractivity contribution in [3.63, 3.8) is 0 Å². The molecule has 10 N–H and O–H groups in total. The molecule has 2 unspecified atom stereocenters. The number of allylic oxidation sites excluding steroid dienone is 9. The zero-order valence-corrected chi connectivity index (χ0v) is 48.0. The Morgan fingerprint density at radius 2 is 1.40 bits per heavy atom. The van der Waals surface area contributed by atoms with Crippen molar-refractivity contribution >= 4 is 51.1 Å². The highest BCUT2D eigenvalue weighted by Crippen LogP contribution is 2.60. The van der Waals surface area contributed by atoms with E-state index in [4.69, 9.17) is 39.8 Å². The van der Waals surface area contributed by atoms with Gasteiger partial charge in [-0.25, -0.2) is 13.9 Å². The molecule has 0 amide bonds. The van der Waals surface area contributed by atoms with Gasteiger partial charge in [0.05, 0.1) is 19.3 Å². The summed E-state index contributed by atoms with van der Waals surface area (Å²) in [6.45, 7) is 1.62. The minimum atomic E-state index is -5.56. The number of phosphoric ester groups is 2. The molecule has 0 bridgehead atoms. The standard InChI is InChI=1S/C53H88N4O18P2S/c1-3-5-7-9-11-13-15-17-18-19-21-23-25-27-29-34-48(61)73-41(38-71-76(66,67)75-77(68,69)72-39-44-49(62)50(63)51(74-44)57-36-35-46(55)56-53(57)65)37-70-52(64)42(54)40-78-45(43(58)31-30-33-47(59)60)32-28-26-24-22-20-16-14-12-10-8-6-4-2/h12,14,17-18,20,22,24,26,28,32,35-36,41-45,49-51,58,62-63H,3-11,13,15-16,19,21,23,25,27,29-31,33-34,37-40,54H2,1-2H3,(H,59,60)(H,66,67)(H,68,69)(H2,55,56,65)/b14-12-,18-17-,22-20-,26-24+,32-28+/t41-,42+,43+,44-,45-,49-,50-,51-/m1/s1. The first-order valence-corrected chi connectivity index (χ1v) is 31.3. The van der Waals surface area contributed by atoms with Gasteiger partial charge in [0.15, 0.2) is 12.3 Å². The first-order valence-electron chi connectivity index (χ1n) is 27.2. The van der Waals surface area contributed by atoms with Crippen LogP contribution < -0.4 is 17.2 Å². The van der Waals surface area contributed by atoms with E-state index in [9.17, 15) is 53.4 Å². The number of aliphatic hydroxyl groups excluding tert-OH is 3. The molecule has 22 nitrogen and oxygen atoms in total. The van der Waals surface area contributed by atoms with Gasteiger partial charge in [-0.05, 0) is 70.3 Å². The Hall–Kier alpha value is -3.80. The maximum atomic E-state index is 13.2. The Balaban J connectivity index is 2.05. The van der Waals surface area contributed by atoms with Crippen LogP contribution in [0, 0.1) is 0 Å². The zero-order chi connectivity index (χ0) is 57.6. The number of carboxylic acids is 1. The molecule has 25 heteroatoms. The molecule has 1 fully saturated rings. The van der Waals surface area contributed by atoms with E-state index >= 15 is 0 Å². The average molecular weight is 1160 g/mol. The average Bonchev–Trinajstić information content (AvgIpc) is 3.67. The molecule has 0 radical (unpaired) electrons. The molecule has 1 aromatic rings. The number of aromatic nitrogens is 2. The number of anilines is 1. The Morgan fingerprint density at radius 1 is 0.795 bits per heavy atom. The van der Waals surface area contributed by atoms with Crippen molar-refractivity contribution in [1.82, 2.24) is 9.55 Å². The third-order valence-electron chi connectivity index (χ3n) is 12.1. The fourth-order valence-corrected chi connectivity index (χ4v) is 10.9. The molecule has 1 aliphatic rings. The maximum Gasteiger partial charge on any atom is 0.481 e. The van der Waals surface area contributed by atoms with E-state index in [1.165, 1.54) is 57.4 Å². The first kappa shape index (κ1) is 70.3. The topological polar surface area (TPSA) is 349 Å². The predicted octanol–water partition coefficient (Wildman–Crippen LogP) is 8.43. The highest BCUT2D eigenvalue weighted by Gasteiger charge is 2.46. The highest BCUT2D eigenvalue weighted by molar-refractivity contribution is 8.00. The molecular formula is C53H88N4O18P2S. The number of phosphoric acid groups is 2. The van der Waals surface area contributed by atoms with Gasteiger partial charge < -0.3 is 55.9 Å². The molecule has 10 atom stereocenters. The van der Waals surface area contributed by atoms with Crippen LogP contribution in [0.5, 0.6) is 0 Å². The number of carboxylic acid groups (broad SMARTS) is 1. The Kier molecular flexibility index (Phi) is 37.2. The Bertz CT molecular complexity index is 2180. The van der Waals surface area contributed by atoms with Crippen LogP contribution in [0.15, 0.2) is 77.8 Å². The quantitative estimate of drug-likeness (QED) is 0.00998. The minimum absolute atomic E-state index is 0.0639. The number of nitrogens with zero attached hydrogens (tertiary/aromatic N) is 2. The van der Waals surface area contributed by atoms with Gasteiger partial charge in [-0.2, -0.15) is 9.29 Å². The summed E-state index contributed by atoms with van der Waals surface area (Å²) in [6, 6.07) is -0.0769. The molecule has 444 valence electrons. The number of rotatable bonds is 45. The number of ether oxygens (including phenoxy) is 3. The fourth-order valence-electron chi connectivity index (χ4n) is 7.69. The van der Waals surface area contributed by atoms with Crippen LogP contribution in [0.25, 0.3) is 0 Å². The second kappa shape index (κ2) is 41.2. The van der Waals surface area contributed by atoms with Crippen LogP contribution >= 0.6 is 27.4 Å². The third kappa shape index (κ3) is 32.5. The molecule has 2 heterocycles. The Labute approximate surface area is 464 Å². The van der Waals surface area contributed by atoms with Gasteiger partial charge >= 0.3 is 39.2 Å². The van der Waals surface area contributed by atoms with E-state index in [1.807, 2.05) is 18.2 Å². The number of aliphatic hydroxyl groups is 3. The van der Waals surface area contributed by atoms with Crippen molar-refractivity contribution in [2.24, 2.45) is 5.73 Å². The largest absolute Gasteiger partial charge is 0.481 e.